The van der Waals surface area contributed by atoms with Crippen molar-refractivity contribution in [2.75, 3.05) is 39.6 Å². The highest BCUT2D eigenvalue weighted by atomic mass is 16.5. The van der Waals surface area contributed by atoms with Gasteiger partial charge in [0.1, 0.15) is 5.78 Å². The van der Waals surface area contributed by atoms with E-state index in [1.54, 1.807) is 0 Å². The standard InChI is InChI=1S/C10H21NO4.C10H18O.H2/c1-2-4-13-6-8-15-9-7-14-5-3-10(11)12;1-8(2)10(11)9-6-4-3-5-7-9;/h2-9H2,1H3,(H2,11,12);8-9H,3-7H2,1-2H3;1H. The average molecular weight is 376 g/mol. The molecule has 0 bridgehead atoms. The van der Waals surface area contributed by atoms with E-state index in [-0.39, 0.29) is 19.7 Å². The smallest absolute Gasteiger partial charge is 0.219 e. The molecule has 0 spiro atoms. The number of ether oxygens (including phenoxy) is 3. The van der Waals surface area contributed by atoms with Crippen LogP contribution in [0.4, 0.5) is 0 Å². The predicted octanol–water partition coefficient (Wildman–Crippen LogP) is 3.36. The van der Waals surface area contributed by atoms with Gasteiger partial charge in [-0.05, 0) is 19.3 Å². The van der Waals surface area contributed by atoms with Crippen molar-refractivity contribution in [2.45, 2.75) is 65.7 Å². The second-order valence-corrected chi connectivity index (χ2v) is 6.95. The molecular formula is C20H41NO5. The Kier molecular flexibility index (Phi) is 16.8. The summed E-state index contributed by atoms with van der Waals surface area (Å²) in [5.41, 5.74) is 4.93. The Labute approximate surface area is 160 Å². The van der Waals surface area contributed by atoms with Gasteiger partial charge in [-0.25, -0.2) is 0 Å². The van der Waals surface area contributed by atoms with E-state index in [4.69, 9.17) is 19.9 Å². The van der Waals surface area contributed by atoms with Crippen molar-refractivity contribution >= 4 is 11.7 Å². The Morgan fingerprint density at radius 1 is 0.923 bits per heavy atom. The molecule has 1 fully saturated rings. The summed E-state index contributed by atoms with van der Waals surface area (Å²) in [4.78, 5) is 21.8. The molecule has 1 amide bonds. The van der Waals surface area contributed by atoms with Gasteiger partial charge in [0.2, 0.25) is 5.91 Å². The SMILES string of the molecule is CC(C)C(=O)C1CCCCC1.CCCOCCOCCOCCC(N)=O.[HH]. The Morgan fingerprint density at radius 3 is 1.88 bits per heavy atom. The molecule has 0 unspecified atom stereocenters. The fourth-order valence-corrected chi connectivity index (χ4v) is 2.72. The molecule has 1 aliphatic rings. The number of rotatable bonds is 13. The van der Waals surface area contributed by atoms with Crippen LogP contribution >= 0.6 is 0 Å². The van der Waals surface area contributed by atoms with Crippen LogP contribution in [0.2, 0.25) is 0 Å². The molecule has 0 aliphatic heterocycles. The summed E-state index contributed by atoms with van der Waals surface area (Å²) in [6.07, 6.45) is 7.46. The van der Waals surface area contributed by atoms with Crippen LogP contribution in [0.5, 0.6) is 0 Å². The molecule has 0 aromatic heterocycles. The number of carbonyl (C=O) groups excluding carboxylic acids is 2. The van der Waals surface area contributed by atoms with Crippen molar-refractivity contribution in [3.63, 3.8) is 0 Å². The first-order valence-corrected chi connectivity index (χ1v) is 10.0. The van der Waals surface area contributed by atoms with E-state index in [1.807, 2.05) is 13.8 Å². The fraction of sp³-hybridized carbons (Fsp3) is 0.900. The first-order valence-electron chi connectivity index (χ1n) is 10.0. The van der Waals surface area contributed by atoms with E-state index >= 15 is 0 Å². The highest BCUT2D eigenvalue weighted by Crippen LogP contribution is 2.26. The highest BCUT2D eigenvalue weighted by molar-refractivity contribution is 5.82. The number of primary amides is 1. The monoisotopic (exact) mass is 375 g/mol. The van der Waals surface area contributed by atoms with E-state index in [0.717, 1.165) is 25.9 Å². The first kappa shape index (κ1) is 25.0. The van der Waals surface area contributed by atoms with Crippen LogP contribution in [-0.4, -0.2) is 51.3 Å². The third-order valence-corrected chi connectivity index (χ3v) is 4.16. The van der Waals surface area contributed by atoms with Crippen molar-refractivity contribution in [3.05, 3.63) is 0 Å². The second kappa shape index (κ2) is 17.4. The topological polar surface area (TPSA) is 87.8 Å². The van der Waals surface area contributed by atoms with Gasteiger partial charge in [0.05, 0.1) is 33.0 Å². The van der Waals surface area contributed by atoms with Gasteiger partial charge in [-0.2, -0.15) is 0 Å². The van der Waals surface area contributed by atoms with Crippen molar-refractivity contribution in [1.29, 1.82) is 0 Å². The summed E-state index contributed by atoms with van der Waals surface area (Å²) in [6.45, 7) is 9.44. The number of amides is 1. The van der Waals surface area contributed by atoms with E-state index in [2.05, 4.69) is 6.92 Å². The van der Waals surface area contributed by atoms with Crippen LogP contribution in [0.3, 0.4) is 0 Å². The number of hydrogen-bond donors (Lipinski definition) is 1. The summed E-state index contributed by atoms with van der Waals surface area (Å²) >= 11 is 0. The first-order chi connectivity index (χ1) is 12.5. The number of nitrogens with two attached hydrogens (primary N) is 1. The average Bonchev–Trinajstić information content (AvgIpc) is 2.63. The van der Waals surface area contributed by atoms with Crippen LogP contribution in [0.25, 0.3) is 0 Å². The minimum Gasteiger partial charge on any atom is -0.379 e. The molecule has 0 saturated heterocycles. The summed E-state index contributed by atoms with van der Waals surface area (Å²) < 4.78 is 15.5. The maximum atomic E-state index is 11.5. The molecule has 0 atom stereocenters. The summed E-state index contributed by atoms with van der Waals surface area (Å²) in [5.74, 6) is 0.801. The molecule has 6 nitrogen and oxygen atoms in total. The zero-order chi connectivity index (χ0) is 19.6. The van der Waals surface area contributed by atoms with Gasteiger partial charge in [0, 0.05) is 26.3 Å². The Hall–Kier alpha value is -0.980. The zero-order valence-electron chi connectivity index (χ0n) is 17.0. The number of ketones is 1. The molecule has 2 N–H and O–H groups in total. The van der Waals surface area contributed by atoms with E-state index in [1.165, 1.54) is 19.3 Å². The molecule has 26 heavy (non-hydrogen) atoms. The number of carbonyl (C=O) groups is 2. The molecule has 1 saturated carbocycles. The Morgan fingerprint density at radius 2 is 1.42 bits per heavy atom. The highest BCUT2D eigenvalue weighted by Gasteiger charge is 2.22. The van der Waals surface area contributed by atoms with E-state index in [9.17, 15) is 9.59 Å². The molecule has 0 aromatic carbocycles. The summed E-state index contributed by atoms with van der Waals surface area (Å²) in [6, 6.07) is 0. The summed E-state index contributed by atoms with van der Waals surface area (Å²) in [7, 11) is 0. The van der Waals surface area contributed by atoms with Crippen LogP contribution in [0.1, 0.15) is 67.1 Å². The van der Waals surface area contributed by atoms with Crippen molar-refractivity contribution in [3.8, 4) is 0 Å². The number of hydrogen-bond acceptors (Lipinski definition) is 5. The Balaban J connectivity index is 0. The Bertz CT molecular complexity index is 360. The normalized spacial score (nSPS) is 14.8. The molecule has 0 radical (unpaired) electrons. The fourth-order valence-electron chi connectivity index (χ4n) is 2.72. The van der Waals surface area contributed by atoms with Crippen molar-refractivity contribution < 1.29 is 25.2 Å². The second-order valence-electron chi connectivity index (χ2n) is 6.95. The summed E-state index contributed by atoms with van der Waals surface area (Å²) in [5, 5.41) is 0. The molecule has 0 aromatic rings. The van der Waals surface area contributed by atoms with Gasteiger partial charge in [-0.15, -0.1) is 0 Å². The lowest BCUT2D eigenvalue weighted by molar-refractivity contribution is -0.126. The molecular weight excluding hydrogens is 334 g/mol. The third kappa shape index (κ3) is 15.3. The van der Waals surface area contributed by atoms with Crippen molar-refractivity contribution in [1.82, 2.24) is 0 Å². The van der Waals surface area contributed by atoms with Gasteiger partial charge in [0.15, 0.2) is 0 Å². The largest absolute Gasteiger partial charge is 0.379 e. The van der Waals surface area contributed by atoms with Crippen LogP contribution in [-0.2, 0) is 23.8 Å². The van der Waals surface area contributed by atoms with Crippen LogP contribution in [0.15, 0.2) is 0 Å². The molecule has 0 heterocycles. The zero-order valence-corrected chi connectivity index (χ0v) is 17.0. The van der Waals surface area contributed by atoms with Crippen LogP contribution < -0.4 is 5.73 Å². The maximum Gasteiger partial charge on any atom is 0.219 e. The maximum absolute atomic E-state index is 11.5. The molecule has 1 rings (SSSR count). The predicted molar refractivity (Wildman–Crippen MR) is 105 cm³/mol. The van der Waals surface area contributed by atoms with E-state index < -0.39 is 0 Å². The van der Waals surface area contributed by atoms with Crippen molar-refractivity contribution in [2.24, 2.45) is 17.6 Å². The lowest BCUT2D eigenvalue weighted by atomic mass is 9.83. The molecule has 6 heteroatoms. The minimum atomic E-state index is -0.344. The lowest BCUT2D eigenvalue weighted by Gasteiger charge is -2.21. The van der Waals surface area contributed by atoms with E-state index in [0.29, 0.717) is 44.7 Å². The van der Waals surface area contributed by atoms with Gasteiger partial charge >= 0.3 is 0 Å². The number of Topliss-reactive ketones (excluding diaryl/α,β-unsaturated/α-hetero) is 1. The van der Waals surface area contributed by atoms with Gasteiger partial charge in [-0.1, -0.05) is 40.0 Å². The lowest BCUT2D eigenvalue weighted by Crippen LogP contribution is -2.21. The van der Waals surface area contributed by atoms with Crippen LogP contribution in [0, 0.1) is 11.8 Å². The molecule has 156 valence electrons. The van der Waals surface area contributed by atoms with Gasteiger partial charge in [-0.3, -0.25) is 9.59 Å². The quantitative estimate of drug-likeness (QED) is 0.499. The minimum absolute atomic E-state index is 0. The molecule has 1 aliphatic carbocycles. The van der Waals surface area contributed by atoms with Gasteiger partial charge in [0.25, 0.3) is 0 Å². The third-order valence-electron chi connectivity index (χ3n) is 4.16. The van der Waals surface area contributed by atoms with Gasteiger partial charge < -0.3 is 19.9 Å².